The topological polar surface area (TPSA) is 75.7 Å². The molecule has 1 aromatic heterocycles. The first kappa shape index (κ1) is 19.4. The Bertz CT molecular complexity index is 909. The Morgan fingerprint density at radius 1 is 1.23 bits per heavy atom. The van der Waals surface area contributed by atoms with Crippen LogP contribution in [0.4, 0.5) is 5.69 Å². The van der Waals surface area contributed by atoms with E-state index in [2.05, 4.69) is 4.72 Å². The molecule has 1 aromatic carbocycles. The van der Waals surface area contributed by atoms with E-state index >= 15 is 0 Å². The van der Waals surface area contributed by atoms with Gasteiger partial charge in [-0.1, -0.05) is 23.2 Å². The van der Waals surface area contributed by atoms with E-state index in [0.29, 0.717) is 41.9 Å². The van der Waals surface area contributed by atoms with E-state index in [4.69, 9.17) is 27.9 Å². The monoisotopic (exact) mass is 434 g/mol. The SMILES string of the molecule is O=C(Cc1sccc1NS(=O)(=O)c1ccc(Cl)cc1Cl)N1CCOCC1. The summed E-state index contributed by atoms with van der Waals surface area (Å²) in [4.78, 5) is 14.7. The highest BCUT2D eigenvalue weighted by atomic mass is 35.5. The van der Waals surface area contributed by atoms with E-state index in [1.807, 2.05) is 0 Å². The van der Waals surface area contributed by atoms with Crippen molar-refractivity contribution in [2.24, 2.45) is 0 Å². The fourth-order valence-corrected chi connectivity index (χ4v) is 5.28. The molecule has 0 unspecified atom stereocenters. The van der Waals surface area contributed by atoms with Crippen LogP contribution < -0.4 is 4.72 Å². The molecule has 10 heteroatoms. The van der Waals surface area contributed by atoms with Crippen LogP contribution >= 0.6 is 34.5 Å². The minimum atomic E-state index is -3.89. The Kier molecular flexibility index (Phi) is 6.09. The largest absolute Gasteiger partial charge is 0.378 e. The van der Waals surface area contributed by atoms with Gasteiger partial charge in [-0.05, 0) is 29.6 Å². The molecule has 0 spiro atoms. The standard InChI is InChI=1S/C16H16Cl2N2O4S2/c17-11-1-2-15(12(18)9-11)26(22,23)19-13-3-8-25-14(13)10-16(21)20-4-6-24-7-5-20/h1-3,8-9,19H,4-7,10H2. The van der Waals surface area contributed by atoms with Crippen LogP contribution in [0.3, 0.4) is 0 Å². The van der Waals surface area contributed by atoms with Gasteiger partial charge in [-0.2, -0.15) is 0 Å². The van der Waals surface area contributed by atoms with Crippen LogP contribution in [-0.4, -0.2) is 45.5 Å². The van der Waals surface area contributed by atoms with Crippen molar-refractivity contribution >= 4 is 56.2 Å². The van der Waals surface area contributed by atoms with Crippen molar-refractivity contribution in [1.82, 2.24) is 4.90 Å². The molecule has 0 aliphatic carbocycles. The van der Waals surface area contributed by atoms with E-state index in [0.717, 1.165) is 0 Å². The number of carbonyl (C=O) groups excluding carboxylic acids is 1. The van der Waals surface area contributed by atoms with Crippen molar-refractivity contribution in [3.05, 3.63) is 44.6 Å². The predicted molar refractivity (Wildman–Crippen MR) is 103 cm³/mol. The molecule has 2 heterocycles. The summed E-state index contributed by atoms with van der Waals surface area (Å²) >= 11 is 13.1. The lowest BCUT2D eigenvalue weighted by molar-refractivity contribution is -0.134. The number of carbonyl (C=O) groups is 1. The van der Waals surface area contributed by atoms with Crippen LogP contribution in [0.15, 0.2) is 34.5 Å². The molecule has 1 aliphatic rings. The summed E-state index contributed by atoms with van der Waals surface area (Å²) in [6.07, 6.45) is 0.129. The number of amides is 1. The number of sulfonamides is 1. The predicted octanol–water partition coefficient (Wildman–Crippen LogP) is 3.26. The van der Waals surface area contributed by atoms with Gasteiger partial charge in [0.05, 0.1) is 30.3 Å². The zero-order valence-electron chi connectivity index (χ0n) is 13.6. The molecule has 0 atom stereocenters. The Hall–Kier alpha value is -1.32. The van der Waals surface area contributed by atoms with Gasteiger partial charge in [-0.25, -0.2) is 8.42 Å². The Labute approximate surface area is 165 Å². The van der Waals surface area contributed by atoms with Crippen LogP contribution in [0.2, 0.25) is 10.0 Å². The maximum Gasteiger partial charge on any atom is 0.263 e. The van der Waals surface area contributed by atoms with Gasteiger partial charge in [-0.15, -0.1) is 11.3 Å². The Morgan fingerprint density at radius 3 is 2.65 bits per heavy atom. The zero-order chi connectivity index (χ0) is 18.7. The molecule has 0 saturated carbocycles. The van der Waals surface area contributed by atoms with Crippen LogP contribution in [0, 0.1) is 0 Å². The number of anilines is 1. The third kappa shape index (κ3) is 4.50. The summed E-state index contributed by atoms with van der Waals surface area (Å²) in [7, 11) is -3.89. The number of thiophene rings is 1. The highest BCUT2D eigenvalue weighted by Gasteiger charge is 2.23. The second-order valence-corrected chi connectivity index (χ2v) is 9.10. The van der Waals surface area contributed by atoms with Gasteiger partial charge in [-0.3, -0.25) is 9.52 Å². The van der Waals surface area contributed by atoms with Crippen molar-refractivity contribution in [1.29, 1.82) is 0 Å². The molecule has 0 radical (unpaired) electrons. The quantitative estimate of drug-likeness (QED) is 0.783. The molecule has 0 bridgehead atoms. The number of rotatable bonds is 5. The Balaban J connectivity index is 1.76. The fourth-order valence-electron chi connectivity index (χ4n) is 2.52. The number of benzene rings is 1. The van der Waals surface area contributed by atoms with Gasteiger partial charge in [0.15, 0.2) is 0 Å². The third-order valence-corrected chi connectivity index (χ3v) is 6.85. The van der Waals surface area contributed by atoms with Gasteiger partial charge in [0.25, 0.3) is 10.0 Å². The number of hydrogen-bond donors (Lipinski definition) is 1. The average Bonchev–Trinajstić information content (AvgIpc) is 3.01. The highest BCUT2D eigenvalue weighted by molar-refractivity contribution is 7.92. The second-order valence-electron chi connectivity index (χ2n) is 5.61. The first-order valence-corrected chi connectivity index (χ1v) is 10.9. The third-order valence-electron chi connectivity index (χ3n) is 3.85. The molecular weight excluding hydrogens is 419 g/mol. The summed E-state index contributed by atoms with van der Waals surface area (Å²) in [5, 5.41) is 2.12. The molecule has 26 heavy (non-hydrogen) atoms. The fraction of sp³-hybridized carbons (Fsp3) is 0.312. The van der Waals surface area contributed by atoms with Crippen molar-refractivity contribution < 1.29 is 17.9 Å². The first-order valence-electron chi connectivity index (χ1n) is 7.76. The summed E-state index contributed by atoms with van der Waals surface area (Å²) in [5.41, 5.74) is 0.377. The van der Waals surface area contributed by atoms with E-state index in [9.17, 15) is 13.2 Å². The molecule has 1 fully saturated rings. The summed E-state index contributed by atoms with van der Waals surface area (Å²) < 4.78 is 33.0. The highest BCUT2D eigenvalue weighted by Crippen LogP contribution is 2.30. The van der Waals surface area contributed by atoms with E-state index in [1.54, 1.807) is 16.3 Å². The zero-order valence-corrected chi connectivity index (χ0v) is 16.7. The van der Waals surface area contributed by atoms with Crippen LogP contribution in [0.5, 0.6) is 0 Å². The molecule has 6 nitrogen and oxygen atoms in total. The minimum absolute atomic E-state index is 0.0335. The van der Waals surface area contributed by atoms with Crippen molar-refractivity contribution in [2.75, 3.05) is 31.0 Å². The van der Waals surface area contributed by atoms with Gasteiger partial charge in [0, 0.05) is 23.0 Å². The van der Waals surface area contributed by atoms with Gasteiger partial charge >= 0.3 is 0 Å². The smallest absolute Gasteiger partial charge is 0.263 e. The molecule has 1 saturated heterocycles. The van der Waals surface area contributed by atoms with Crippen molar-refractivity contribution in [3.8, 4) is 0 Å². The van der Waals surface area contributed by atoms with Gasteiger partial charge in [0.2, 0.25) is 5.91 Å². The molecule has 1 N–H and O–H groups in total. The molecule has 140 valence electrons. The van der Waals surface area contributed by atoms with Crippen LogP contribution in [-0.2, 0) is 26.0 Å². The maximum atomic E-state index is 12.6. The summed E-state index contributed by atoms with van der Waals surface area (Å²) in [6, 6.07) is 5.80. The minimum Gasteiger partial charge on any atom is -0.378 e. The van der Waals surface area contributed by atoms with E-state index in [1.165, 1.54) is 29.5 Å². The number of ether oxygens (including phenoxy) is 1. The van der Waals surface area contributed by atoms with Crippen LogP contribution in [0.1, 0.15) is 4.88 Å². The van der Waals surface area contributed by atoms with Crippen molar-refractivity contribution in [2.45, 2.75) is 11.3 Å². The number of nitrogens with zero attached hydrogens (tertiary/aromatic N) is 1. The van der Waals surface area contributed by atoms with Crippen LogP contribution in [0.25, 0.3) is 0 Å². The number of hydrogen-bond acceptors (Lipinski definition) is 5. The summed E-state index contributed by atoms with van der Waals surface area (Å²) in [6.45, 7) is 2.13. The number of nitrogens with one attached hydrogen (secondary N) is 1. The second kappa shape index (κ2) is 8.14. The lowest BCUT2D eigenvalue weighted by Crippen LogP contribution is -2.41. The lowest BCUT2D eigenvalue weighted by Gasteiger charge is -2.26. The number of halogens is 2. The first-order chi connectivity index (χ1) is 12.4. The van der Waals surface area contributed by atoms with Crippen molar-refractivity contribution in [3.63, 3.8) is 0 Å². The molecular formula is C16H16Cl2N2O4S2. The summed E-state index contributed by atoms with van der Waals surface area (Å²) in [5.74, 6) is -0.0549. The van der Waals surface area contributed by atoms with Gasteiger partial charge in [0.1, 0.15) is 4.90 Å². The normalized spacial score (nSPS) is 15.1. The van der Waals surface area contributed by atoms with Gasteiger partial charge < -0.3 is 9.64 Å². The lowest BCUT2D eigenvalue weighted by atomic mass is 10.2. The molecule has 3 rings (SSSR count). The van der Waals surface area contributed by atoms with E-state index in [-0.39, 0.29) is 22.2 Å². The number of morpholine rings is 1. The van der Waals surface area contributed by atoms with E-state index < -0.39 is 10.0 Å². The Morgan fingerprint density at radius 2 is 1.96 bits per heavy atom. The molecule has 1 amide bonds. The average molecular weight is 435 g/mol. The maximum absolute atomic E-state index is 12.6. The molecule has 2 aromatic rings. The molecule has 1 aliphatic heterocycles.